The minimum absolute atomic E-state index is 0.407. The Morgan fingerprint density at radius 3 is 2.88 bits per heavy atom. The Labute approximate surface area is 104 Å². The molecular formula is C13H24N2O2. The van der Waals surface area contributed by atoms with Crippen LogP contribution >= 0.6 is 0 Å². The molecule has 1 unspecified atom stereocenters. The van der Waals surface area contributed by atoms with Gasteiger partial charge in [0, 0.05) is 38.3 Å². The van der Waals surface area contributed by atoms with Gasteiger partial charge in [-0.25, -0.2) is 0 Å². The molecule has 1 aromatic rings. The van der Waals surface area contributed by atoms with Gasteiger partial charge in [-0.2, -0.15) is 0 Å². The molecule has 0 fully saturated rings. The average Bonchev–Trinajstić information content (AvgIpc) is 2.65. The number of furan rings is 1. The zero-order valence-electron chi connectivity index (χ0n) is 11.3. The molecule has 1 N–H and O–H groups in total. The number of nitrogens with zero attached hydrogens (tertiary/aromatic N) is 1. The number of likely N-dealkylation sites (N-methyl/N-ethyl adjacent to an activating group) is 1. The Morgan fingerprint density at radius 2 is 2.29 bits per heavy atom. The van der Waals surface area contributed by atoms with E-state index < -0.39 is 0 Å². The second-order valence-corrected chi connectivity index (χ2v) is 4.55. The largest absolute Gasteiger partial charge is 0.469 e. The van der Waals surface area contributed by atoms with Crippen LogP contribution in [-0.4, -0.2) is 44.8 Å². The van der Waals surface area contributed by atoms with Gasteiger partial charge in [0.15, 0.2) is 0 Å². The van der Waals surface area contributed by atoms with Crippen molar-refractivity contribution in [2.24, 2.45) is 0 Å². The van der Waals surface area contributed by atoms with E-state index in [2.05, 4.69) is 24.2 Å². The van der Waals surface area contributed by atoms with Crippen molar-refractivity contribution in [3.05, 3.63) is 23.7 Å². The number of aryl methyl sites for hydroxylation is 1. The second-order valence-electron chi connectivity index (χ2n) is 4.55. The summed E-state index contributed by atoms with van der Waals surface area (Å²) < 4.78 is 10.4. The van der Waals surface area contributed by atoms with Gasteiger partial charge in [-0.05, 0) is 27.0 Å². The van der Waals surface area contributed by atoms with Gasteiger partial charge in [-0.15, -0.1) is 0 Å². The lowest BCUT2D eigenvalue weighted by Crippen LogP contribution is -2.36. The number of ether oxygens (including phenoxy) is 1. The normalized spacial score (nSPS) is 13.2. The Kier molecular flexibility index (Phi) is 6.26. The topological polar surface area (TPSA) is 37.6 Å². The third-order valence-electron chi connectivity index (χ3n) is 2.81. The van der Waals surface area contributed by atoms with Crippen molar-refractivity contribution in [3.63, 3.8) is 0 Å². The van der Waals surface area contributed by atoms with Crippen molar-refractivity contribution in [1.82, 2.24) is 10.2 Å². The van der Waals surface area contributed by atoms with Gasteiger partial charge in [-0.1, -0.05) is 0 Å². The summed E-state index contributed by atoms with van der Waals surface area (Å²) in [6.07, 6.45) is 1.75. The Morgan fingerprint density at radius 1 is 1.53 bits per heavy atom. The van der Waals surface area contributed by atoms with Crippen molar-refractivity contribution in [3.8, 4) is 0 Å². The lowest BCUT2D eigenvalue weighted by molar-refractivity contribution is 0.170. The zero-order valence-corrected chi connectivity index (χ0v) is 11.3. The van der Waals surface area contributed by atoms with Crippen LogP contribution in [0.15, 0.2) is 16.7 Å². The van der Waals surface area contributed by atoms with Gasteiger partial charge in [-0.3, -0.25) is 0 Å². The number of methoxy groups -OCH3 is 1. The minimum atomic E-state index is 0.407. The molecule has 17 heavy (non-hydrogen) atoms. The molecule has 0 spiro atoms. The maximum Gasteiger partial charge on any atom is 0.105 e. The SMILES string of the molecule is COCC(C)NCCN(C)Cc1ccoc1C. The number of nitrogens with one attached hydrogen (secondary N) is 1. The van der Waals surface area contributed by atoms with E-state index in [4.69, 9.17) is 9.15 Å². The molecule has 1 rings (SSSR count). The van der Waals surface area contributed by atoms with Crippen LogP contribution in [0.2, 0.25) is 0 Å². The summed E-state index contributed by atoms with van der Waals surface area (Å²) in [5.41, 5.74) is 1.26. The highest BCUT2D eigenvalue weighted by Crippen LogP contribution is 2.10. The Hall–Kier alpha value is -0.840. The van der Waals surface area contributed by atoms with Gasteiger partial charge in [0.05, 0.1) is 12.9 Å². The van der Waals surface area contributed by atoms with E-state index in [0.29, 0.717) is 6.04 Å². The summed E-state index contributed by atoms with van der Waals surface area (Å²) in [5, 5.41) is 3.42. The van der Waals surface area contributed by atoms with Gasteiger partial charge >= 0.3 is 0 Å². The molecule has 0 aliphatic carbocycles. The maximum atomic E-state index is 5.28. The molecule has 1 heterocycles. The molecule has 1 atom stereocenters. The van der Waals surface area contributed by atoms with Crippen LogP contribution in [0.1, 0.15) is 18.2 Å². The molecule has 98 valence electrons. The molecule has 0 aliphatic rings. The quantitative estimate of drug-likeness (QED) is 0.749. The first-order chi connectivity index (χ1) is 8.13. The molecule has 0 radical (unpaired) electrons. The van der Waals surface area contributed by atoms with Crippen LogP contribution in [0.3, 0.4) is 0 Å². The predicted molar refractivity (Wildman–Crippen MR) is 69.1 cm³/mol. The van der Waals surface area contributed by atoms with Crippen molar-refractivity contribution < 1.29 is 9.15 Å². The van der Waals surface area contributed by atoms with E-state index in [1.54, 1.807) is 13.4 Å². The number of hydrogen-bond donors (Lipinski definition) is 1. The fraction of sp³-hybridized carbons (Fsp3) is 0.692. The number of rotatable bonds is 8. The monoisotopic (exact) mass is 240 g/mol. The summed E-state index contributed by atoms with van der Waals surface area (Å²) in [6.45, 7) is 7.80. The van der Waals surface area contributed by atoms with E-state index in [1.165, 1.54) is 5.56 Å². The highest BCUT2D eigenvalue weighted by Gasteiger charge is 2.06. The lowest BCUT2D eigenvalue weighted by Gasteiger charge is -2.18. The highest BCUT2D eigenvalue weighted by molar-refractivity contribution is 5.14. The van der Waals surface area contributed by atoms with Crippen molar-refractivity contribution in [2.75, 3.05) is 33.9 Å². The molecule has 0 amide bonds. The first-order valence-electron chi connectivity index (χ1n) is 6.07. The van der Waals surface area contributed by atoms with E-state index in [9.17, 15) is 0 Å². The molecule has 4 nitrogen and oxygen atoms in total. The van der Waals surface area contributed by atoms with Crippen LogP contribution in [0.4, 0.5) is 0 Å². The summed E-state index contributed by atoms with van der Waals surface area (Å²) in [6, 6.07) is 2.44. The Balaban J connectivity index is 2.17. The smallest absolute Gasteiger partial charge is 0.105 e. The van der Waals surface area contributed by atoms with Crippen molar-refractivity contribution in [2.45, 2.75) is 26.4 Å². The predicted octanol–water partition coefficient (Wildman–Crippen LogP) is 1.64. The minimum Gasteiger partial charge on any atom is -0.469 e. The maximum absolute atomic E-state index is 5.28. The molecule has 0 saturated carbocycles. The average molecular weight is 240 g/mol. The van der Waals surface area contributed by atoms with E-state index in [1.807, 2.05) is 13.0 Å². The third kappa shape index (κ3) is 5.35. The highest BCUT2D eigenvalue weighted by atomic mass is 16.5. The fourth-order valence-corrected chi connectivity index (χ4v) is 1.76. The summed E-state index contributed by atoms with van der Waals surface area (Å²) in [7, 11) is 3.85. The lowest BCUT2D eigenvalue weighted by atomic mass is 10.2. The van der Waals surface area contributed by atoms with E-state index in [-0.39, 0.29) is 0 Å². The van der Waals surface area contributed by atoms with Crippen LogP contribution in [0, 0.1) is 6.92 Å². The van der Waals surface area contributed by atoms with Gasteiger partial charge in [0.1, 0.15) is 5.76 Å². The molecule has 0 bridgehead atoms. The molecule has 0 aromatic carbocycles. The molecule has 0 aliphatic heterocycles. The molecule has 4 heteroatoms. The van der Waals surface area contributed by atoms with E-state index >= 15 is 0 Å². The van der Waals surface area contributed by atoms with E-state index in [0.717, 1.165) is 32.0 Å². The van der Waals surface area contributed by atoms with Gasteiger partial charge in [0.2, 0.25) is 0 Å². The van der Waals surface area contributed by atoms with Crippen LogP contribution in [0.5, 0.6) is 0 Å². The van der Waals surface area contributed by atoms with Crippen molar-refractivity contribution in [1.29, 1.82) is 0 Å². The first kappa shape index (κ1) is 14.2. The summed E-state index contributed by atoms with van der Waals surface area (Å²) in [5.74, 6) is 1.01. The summed E-state index contributed by atoms with van der Waals surface area (Å²) in [4.78, 5) is 2.28. The van der Waals surface area contributed by atoms with Crippen LogP contribution in [-0.2, 0) is 11.3 Å². The summed E-state index contributed by atoms with van der Waals surface area (Å²) >= 11 is 0. The first-order valence-corrected chi connectivity index (χ1v) is 6.07. The second kappa shape index (κ2) is 7.48. The van der Waals surface area contributed by atoms with Crippen LogP contribution in [0.25, 0.3) is 0 Å². The Bertz CT molecular complexity index is 312. The standard InChI is InChI=1S/C13H24N2O2/c1-11(10-16-4)14-6-7-15(3)9-13-5-8-17-12(13)2/h5,8,11,14H,6-7,9-10H2,1-4H3. The molecule has 0 saturated heterocycles. The molecule has 1 aromatic heterocycles. The fourth-order valence-electron chi connectivity index (χ4n) is 1.76. The number of hydrogen-bond acceptors (Lipinski definition) is 4. The van der Waals surface area contributed by atoms with Gasteiger partial charge in [0.25, 0.3) is 0 Å². The zero-order chi connectivity index (χ0) is 12.7. The third-order valence-corrected chi connectivity index (χ3v) is 2.81. The van der Waals surface area contributed by atoms with Crippen LogP contribution < -0.4 is 5.32 Å². The molecular weight excluding hydrogens is 216 g/mol. The van der Waals surface area contributed by atoms with Crippen molar-refractivity contribution >= 4 is 0 Å². The van der Waals surface area contributed by atoms with Gasteiger partial charge < -0.3 is 19.4 Å².